The molecule has 94 valence electrons. The summed E-state index contributed by atoms with van der Waals surface area (Å²) in [5.41, 5.74) is 0. The fourth-order valence-electron chi connectivity index (χ4n) is 1.89. The summed E-state index contributed by atoms with van der Waals surface area (Å²) in [5, 5.41) is 7.82. The Morgan fingerprint density at radius 2 is 2.06 bits per heavy atom. The van der Waals surface area contributed by atoms with Crippen LogP contribution in [0.2, 0.25) is 0 Å². The lowest BCUT2D eigenvalue weighted by Crippen LogP contribution is -2.31. The predicted molar refractivity (Wildman–Crippen MR) is 81.1 cm³/mol. The van der Waals surface area contributed by atoms with Gasteiger partial charge in [0.05, 0.1) is 6.04 Å². The minimum absolute atomic E-state index is 0.150. The summed E-state index contributed by atoms with van der Waals surface area (Å²) in [5.74, 6) is 2.82. The molecule has 2 unspecified atom stereocenters. The molecule has 1 N–H and O–H groups in total. The second-order valence-corrected chi connectivity index (χ2v) is 6.16. The van der Waals surface area contributed by atoms with E-state index in [2.05, 4.69) is 53.2 Å². The molecule has 2 aromatic heterocycles. The van der Waals surface area contributed by atoms with E-state index in [1.54, 1.807) is 22.7 Å². The molecule has 0 saturated heterocycles. The smallest absolute Gasteiger partial charge is 0.0689 e. The number of terminal acetylenes is 1. The van der Waals surface area contributed by atoms with Gasteiger partial charge in [-0.15, -0.1) is 29.1 Å². The van der Waals surface area contributed by atoms with Crippen molar-refractivity contribution in [3.05, 3.63) is 44.8 Å². The first-order chi connectivity index (χ1) is 8.83. The fraction of sp³-hybridized carbons (Fsp3) is 0.333. The van der Waals surface area contributed by atoms with Crippen LogP contribution in [0, 0.1) is 12.3 Å². The minimum Gasteiger partial charge on any atom is -0.296 e. The molecule has 18 heavy (non-hydrogen) atoms. The summed E-state index contributed by atoms with van der Waals surface area (Å²) in [4.78, 5) is 2.75. The van der Waals surface area contributed by atoms with Crippen LogP contribution in [0.3, 0.4) is 0 Å². The summed E-state index contributed by atoms with van der Waals surface area (Å²) in [7, 11) is 0. The van der Waals surface area contributed by atoms with E-state index in [0.717, 1.165) is 12.8 Å². The van der Waals surface area contributed by atoms with Crippen molar-refractivity contribution in [2.45, 2.75) is 31.8 Å². The van der Waals surface area contributed by atoms with E-state index in [-0.39, 0.29) is 6.04 Å². The van der Waals surface area contributed by atoms with Crippen LogP contribution >= 0.6 is 22.7 Å². The van der Waals surface area contributed by atoms with Gasteiger partial charge in [-0.25, -0.2) is 0 Å². The Balaban J connectivity index is 2.11. The van der Waals surface area contributed by atoms with Crippen LogP contribution in [0.5, 0.6) is 0 Å². The van der Waals surface area contributed by atoms with Gasteiger partial charge in [-0.05, 0) is 29.3 Å². The standard InChI is InChI=1S/C15H17NS2/c1-3-12(4-2)16-14(15-8-6-10-18-15)11-13-7-5-9-17-13/h1,5-10,12,14,16H,4,11H2,2H3. The molecule has 0 aliphatic heterocycles. The number of nitrogens with one attached hydrogen (secondary N) is 1. The van der Waals surface area contributed by atoms with Gasteiger partial charge in [0, 0.05) is 22.2 Å². The topological polar surface area (TPSA) is 12.0 Å². The van der Waals surface area contributed by atoms with E-state index in [0.29, 0.717) is 6.04 Å². The average Bonchev–Trinajstić information content (AvgIpc) is 3.06. The van der Waals surface area contributed by atoms with Crippen LogP contribution in [0.4, 0.5) is 0 Å². The Morgan fingerprint density at radius 3 is 2.61 bits per heavy atom. The zero-order valence-electron chi connectivity index (χ0n) is 10.4. The molecule has 0 amide bonds. The Bertz CT molecular complexity index is 479. The molecule has 2 heterocycles. The lowest BCUT2D eigenvalue weighted by atomic mass is 10.1. The molecule has 0 aliphatic carbocycles. The molecule has 0 radical (unpaired) electrons. The van der Waals surface area contributed by atoms with Crippen molar-refractivity contribution in [2.75, 3.05) is 0 Å². The quantitative estimate of drug-likeness (QED) is 0.783. The lowest BCUT2D eigenvalue weighted by molar-refractivity contribution is 0.488. The van der Waals surface area contributed by atoms with Crippen molar-refractivity contribution in [3.63, 3.8) is 0 Å². The highest BCUT2D eigenvalue weighted by molar-refractivity contribution is 7.10. The Hall–Kier alpha value is -1.08. The molecule has 2 aromatic rings. The van der Waals surface area contributed by atoms with Crippen molar-refractivity contribution >= 4 is 22.7 Å². The number of hydrogen-bond acceptors (Lipinski definition) is 3. The third-order valence-corrected chi connectivity index (χ3v) is 4.77. The minimum atomic E-state index is 0.150. The highest BCUT2D eigenvalue weighted by Gasteiger charge is 2.16. The molecular weight excluding hydrogens is 258 g/mol. The van der Waals surface area contributed by atoms with E-state index >= 15 is 0 Å². The Labute approximate surface area is 117 Å². The van der Waals surface area contributed by atoms with Crippen LogP contribution in [0.1, 0.15) is 29.1 Å². The summed E-state index contributed by atoms with van der Waals surface area (Å²) >= 11 is 3.59. The lowest BCUT2D eigenvalue weighted by Gasteiger charge is -2.20. The molecule has 2 atom stereocenters. The molecular formula is C15H17NS2. The Kier molecular flexibility index (Phi) is 5.00. The van der Waals surface area contributed by atoms with Gasteiger partial charge in [-0.3, -0.25) is 5.32 Å². The highest BCUT2D eigenvalue weighted by atomic mass is 32.1. The summed E-state index contributed by atoms with van der Waals surface area (Å²) in [6.07, 6.45) is 7.52. The zero-order chi connectivity index (χ0) is 12.8. The van der Waals surface area contributed by atoms with Gasteiger partial charge < -0.3 is 0 Å². The van der Waals surface area contributed by atoms with Gasteiger partial charge in [-0.2, -0.15) is 0 Å². The molecule has 0 aliphatic rings. The normalized spacial score (nSPS) is 14.0. The highest BCUT2D eigenvalue weighted by Crippen LogP contribution is 2.25. The first-order valence-corrected chi connectivity index (χ1v) is 7.87. The van der Waals surface area contributed by atoms with E-state index in [9.17, 15) is 0 Å². The molecule has 0 saturated carbocycles. The maximum absolute atomic E-state index is 5.55. The monoisotopic (exact) mass is 275 g/mol. The van der Waals surface area contributed by atoms with Gasteiger partial charge in [0.2, 0.25) is 0 Å². The molecule has 0 aromatic carbocycles. The second-order valence-electron chi connectivity index (χ2n) is 4.15. The van der Waals surface area contributed by atoms with Gasteiger partial charge >= 0.3 is 0 Å². The van der Waals surface area contributed by atoms with Gasteiger partial charge in [-0.1, -0.05) is 25.0 Å². The van der Waals surface area contributed by atoms with E-state index in [4.69, 9.17) is 6.42 Å². The Morgan fingerprint density at radius 1 is 1.28 bits per heavy atom. The molecule has 2 rings (SSSR count). The van der Waals surface area contributed by atoms with Gasteiger partial charge in [0.25, 0.3) is 0 Å². The fourth-order valence-corrected chi connectivity index (χ4v) is 3.43. The average molecular weight is 275 g/mol. The first kappa shape index (κ1) is 13.4. The summed E-state index contributed by atoms with van der Waals surface area (Å²) in [6.45, 7) is 2.12. The SMILES string of the molecule is C#CC(CC)NC(Cc1cccs1)c1cccs1. The van der Waals surface area contributed by atoms with Crippen LogP contribution in [0.25, 0.3) is 0 Å². The zero-order valence-corrected chi connectivity index (χ0v) is 12.1. The van der Waals surface area contributed by atoms with Crippen molar-refractivity contribution < 1.29 is 0 Å². The van der Waals surface area contributed by atoms with Crippen LogP contribution in [-0.4, -0.2) is 6.04 Å². The van der Waals surface area contributed by atoms with Crippen molar-refractivity contribution in [3.8, 4) is 12.3 Å². The van der Waals surface area contributed by atoms with Gasteiger partial charge in [0.1, 0.15) is 0 Å². The van der Waals surface area contributed by atoms with Crippen molar-refractivity contribution in [2.24, 2.45) is 0 Å². The largest absolute Gasteiger partial charge is 0.296 e. The van der Waals surface area contributed by atoms with Crippen LogP contribution in [-0.2, 0) is 6.42 Å². The third kappa shape index (κ3) is 3.46. The molecule has 0 bridgehead atoms. The molecule has 0 spiro atoms. The molecule has 0 fully saturated rings. The van der Waals surface area contributed by atoms with E-state index in [1.165, 1.54) is 9.75 Å². The third-order valence-electron chi connectivity index (χ3n) is 2.88. The molecule has 3 heteroatoms. The van der Waals surface area contributed by atoms with Crippen molar-refractivity contribution in [1.82, 2.24) is 5.32 Å². The number of thiophene rings is 2. The van der Waals surface area contributed by atoms with Crippen LogP contribution in [0.15, 0.2) is 35.0 Å². The second kappa shape index (κ2) is 6.75. The molecule has 1 nitrogen and oxygen atoms in total. The maximum Gasteiger partial charge on any atom is 0.0689 e. The maximum atomic E-state index is 5.55. The predicted octanol–water partition coefficient (Wildman–Crippen LogP) is 4.09. The van der Waals surface area contributed by atoms with Gasteiger partial charge in [0.15, 0.2) is 0 Å². The van der Waals surface area contributed by atoms with E-state index in [1.807, 2.05) is 0 Å². The summed E-state index contributed by atoms with van der Waals surface area (Å²) < 4.78 is 0. The first-order valence-electron chi connectivity index (χ1n) is 6.11. The van der Waals surface area contributed by atoms with E-state index < -0.39 is 0 Å². The van der Waals surface area contributed by atoms with Crippen molar-refractivity contribution in [1.29, 1.82) is 0 Å². The van der Waals surface area contributed by atoms with Crippen LogP contribution < -0.4 is 5.32 Å². The summed E-state index contributed by atoms with van der Waals surface area (Å²) in [6, 6.07) is 9.04. The number of hydrogen-bond donors (Lipinski definition) is 1. The number of rotatable bonds is 6.